The van der Waals surface area contributed by atoms with Crippen molar-refractivity contribution in [1.29, 1.82) is 0 Å². The van der Waals surface area contributed by atoms with E-state index in [1.165, 1.54) is 43.2 Å². The van der Waals surface area contributed by atoms with Crippen LogP contribution in [0.25, 0.3) is 0 Å². The van der Waals surface area contributed by atoms with E-state index in [1.54, 1.807) is 0 Å². The zero-order valence-corrected chi connectivity index (χ0v) is 14.6. The maximum Gasteiger partial charge on any atom is 0.0352 e. The average molecular weight is 287 g/mol. The SMILES string of the molecule is CC(C)CC1(C(N)c2ccc(C(C)(C)C)cc2)CCCC1. The van der Waals surface area contributed by atoms with Crippen LogP contribution in [0.5, 0.6) is 0 Å². The molecule has 1 nitrogen and oxygen atoms in total. The molecule has 1 unspecified atom stereocenters. The molecule has 118 valence electrons. The van der Waals surface area contributed by atoms with Gasteiger partial charge in [-0.05, 0) is 47.1 Å². The van der Waals surface area contributed by atoms with E-state index < -0.39 is 0 Å². The van der Waals surface area contributed by atoms with Crippen LogP contribution in [-0.2, 0) is 5.41 Å². The first-order valence-electron chi connectivity index (χ1n) is 8.61. The lowest BCUT2D eigenvalue weighted by atomic mass is 9.70. The van der Waals surface area contributed by atoms with Crippen molar-refractivity contribution in [3.63, 3.8) is 0 Å². The lowest BCUT2D eigenvalue weighted by Crippen LogP contribution is -2.33. The number of rotatable bonds is 4. The first-order valence-corrected chi connectivity index (χ1v) is 8.61. The van der Waals surface area contributed by atoms with Crippen LogP contribution in [0.1, 0.15) is 83.9 Å². The summed E-state index contributed by atoms with van der Waals surface area (Å²) in [4.78, 5) is 0. The molecule has 2 N–H and O–H groups in total. The smallest absolute Gasteiger partial charge is 0.0352 e. The molecular formula is C20H33N. The van der Waals surface area contributed by atoms with Crippen LogP contribution in [0.4, 0.5) is 0 Å². The summed E-state index contributed by atoms with van der Waals surface area (Å²) >= 11 is 0. The first-order chi connectivity index (χ1) is 9.74. The normalized spacial score (nSPS) is 20.0. The average Bonchev–Trinajstić information content (AvgIpc) is 2.86. The second kappa shape index (κ2) is 6.12. The van der Waals surface area contributed by atoms with E-state index in [0.717, 1.165) is 5.92 Å². The molecule has 1 fully saturated rings. The molecule has 1 saturated carbocycles. The van der Waals surface area contributed by atoms with Crippen LogP contribution in [-0.4, -0.2) is 0 Å². The minimum Gasteiger partial charge on any atom is -0.323 e. The molecule has 1 aromatic rings. The summed E-state index contributed by atoms with van der Waals surface area (Å²) < 4.78 is 0. The van der Waals surface area contributed by atoms with Gasteiger partial charge < -0.3 is 5.73 Å². The lowest BCUT2D eigenvalue weighted by Gasteiger charge is -2.37. The maximum absolute atomic E-state index is 6.74. The van der Waals surface area contributed by atoms with Crippen molar-refractivity contribution in [2.24, 2.45) is 17.1 Å². The summed E-state index contributed by atoms with van der Waals surface area (Å²) in [6.45, 7) is 11.4. The van der Waals surface area contributed by atoms with Crippen molar-refractivity contribution in [1.82, 2.24) is 0 Å². The fourth-order valence-electron chi connectivity index (χ4n) is 4.08. The molecule has 1 atom stereocenters. The van der Waals surface area contributed by atoms with Gasteiger partial charge in [-0.1, -0.05) is 71.7 Å². The molecule has 0 heterocycles. The number of hydrogen-bond donors (Lipinski definition) is 1. The second-order valence-corrected chi connectivity index (χ2v) is 8.52. The van der Waals surface area contributed by atoms with Crippen LogP contribution in [0.3, 0.4) is 0 Å². The van der Waals surface area contributed by atoms with Crippen LogP contribution in [0.2, 0.25) is 0 Å². The Labute approximate surface area is 131 Å². The molecule has 1 aliphatic rings. The highest BCUT2D eigenvalue weighted by molar-refractivity contribution is 5.30. The van der Waals surface area contributed by atoms with Crippen LogP contribution < -0.4 is 5.73 Å². The Morgan fingerprint density at radius 3 is 2.00 bits per heavy atom. The summed E-state index contributed by atoms with van der Waals surface area (Å²) in [6, 6.07) is 9.27. The Bertz CT molecular complexity index is 444. The summed E-state index contributed by atoms with van der Waals surface area (Å²) in [5, 5.41) is 0. The van der Waals surface area contributed by atoms with Gasteiger partial charge in [-0.3, -0.25) is 0 Å². The molecule has 0 amide bonds. The van der Waals surface area contributed by atoms with E-state index in [-0.39, 0.29) is 11.5 Å². The number of nitrogens with two attached hydrogens (primary N) is 1. The van der Waals surface area contributed by atoms with Gasteiger partial charge in [0, 0.05) is 6.04 Å². The van der Waals surface area contributed by atoms with Crippen LogP contribution in [0, 0.1) is 11.3 Å². The van der Waals surface area contributed by atoms with Gasteiger partial charge in [-0.15, -0.1) is 0 Å². The quantitative estimate of drug-likeness (QED) is 0.767. The highest BCUT2D eigenvalue weighted by Gasteiger charge is 2.40. The highest BCUT2D eigenvalue weighted by Crippen LogP contribution is 2.50. The van der Waals surface area contributed by atoms with Gasteiger partial charge >= 0.3 is 0 Å². The molecule has 1 heteroatoms. The summed E-state index contributed by atoms with van der Waals surface area (Å²) in [5.74, 6) is 0.725. The maximum atomic E-state index is 6.74. The van der Waals surface area contributed by atoms with Crippen molar-refractivity contribution in [3.05, 3.63) is 35.4 Å². The monoisotopic (exact) mass is 287 g/mol. The third-order valence-electron chi connectivity index (χ3n) is 5.21. The Morgan fingerprint density at radius 1 is 1.05 bits per heavy atom. The van der Waals surface area contributed by atoms with E-state index in [2.05, 4.69) is 58.9 Å². The van der Waals surface area contributed by atoms with Crippen molar-refractivity contribution in [2.75, 3.05) is 0 Å². The zero-order chi connectivity index (χ0) is 15.7. The largest absolute Gasteiger partial charge is 0.323 e. The Kier molecular flexibility index (Phi) is 4.82. The summed E-state index contributed by atoms with van der Waals surface area (Å²) in [6.07, 6.45) is 6.55. The molecule has 2 rings (SSSR count). The van der Waals surface area contributed by atoms with Gasteiger partial charge in [-0.25, -0.2) is 0 Å². The predicted molar refractivity (Wildman–Crippen MR) is 92.4 cm³/mol. The van der Waals surface area contributed by atoms with Gasteiger partial charge in [0.15, 0.2) is 0 Å². The minimum absolute atomic E-state index is 0.191. The van der Waals surface area contributed by atoms with Gasteiger partial charge in [-0.2, -0.15) is 0 Å². The molecular weight excluding hydrogens is 254 g/mol. The Morgan fingerprint density at radius 2 is 1.57 bits per heavy atom. The second-order valence-electron chi connectivity index (χ2n) is 8.52. The first kappa shape index (κ1) is 16.5. The molecule has 0 spiro atoms. The summed E-state index contributed by atoms with van der Waals surface area (Å²) in [7, 11) is 0. The van der Waals surface area contributed by atoms with Gasteiger partial charge in [0.05, 0.1) is 0 Å². The number of hydrogen-bond acceptors (Lipinski definition) is 1. The fourth-order valence-corrected chi connectivity index (χ4v) is 4.08. The zero-order valence-electron chi connectivity index (χ0n) is 14.6. The highest BCUT2D eigenvalue weighted by atomic mass is 14.7. The molecule has 0 bridgehead atoms. The van der Waals surface area contributed by atoms with E-state index in [0.29, 0.717) is 5.41 Å². The molecule has 1 aromatic carbocycles. The third-order valence-corrected chi connectivity index (χ3v) is 5.21. The lowest BCUT2D eigenvalue weighted by molar-refractivity contribution is 0.183. The van der Waals surface area contributed by atoms with E-state index in [9.17, 15) is 0 Å². The van der Waals surface area contributed by atoms with Gasteiger partial charge in [0.25, 0.3) is 0 Å². The van der Waals surface area contributed by atoms with Crippen molar-refractivity contribution >= 4 is 0 Å². The van der Waals surface area contributed by atoms with Gasteiger partial charge in [0.2, 0.25) is 0 Å². The molecule has 0 radical (unpaired) electrons. The predicted octanol–water partition coefficient (Wildman–Crippen LogP) is 5.59. The molecule has 21 heavy (non-hydrogen) atoms. The number of benzene rings is 1. The molecule has 0 aliphatic heterocycles. The van der Waals surface area contributed by atoms with Crippen molar-refractivity contribution < 1.29 is 0 Å². The van der Waals surface area contributed by atoms with Crippen LogP contribution >= 0.6 is 0 Å². The van der Waals surface area contributed by atoms with Crippen molar-refractivity contribution in [2.45, 2.75) is 78.2 Å². The van der Waals surface area contributed by atoms with Gasteiger partial charge in [0.1, 0.15) is 0 Å². The van der Waals surface area contributed by atoms with E-state index in [1.807, 2.05) is 0 Å². The Balaban J connectivity index is 2.23. The van der Waals surface area contributed by atoms with E-state index >= 15 is 0 Å². The van der Waals surface area contributed by atoms with E-state index in [4.69, 9.17) is 5.73 Å². The third kappa shape index (κ3) is 3.69. The summed E-state index contributed by atoms with van der Waals surface area (Å²) in [5.41, 5.74) is 10.0. The standard InChI is InChI=1S/C20H33N/c1-15(2)14-20(12-6-7-13-20)18(21)16-8-10-17(11-9-16)19(3,4)5/h8-11,15,18H,6-7,12-14,21H2,1-5H3. The fraction of sp³-hybridized carbons (Fsp3) is 0.700. The minimum atomic E-state index is 0.191. The van der Waals surface area contributed by atoms with Crippen molar-refractivity contribution in [3.8, 4) is 0 Å². The Hall–Kier alpha value is -0.820. The molecule has 0 saturated heterocycles. The van der Waals surface area contributed by atoms with Crippen LogP contribution in [0.15, 0.2) is 24.3 Å². The molecule has 1 aliphatic carbocycles. The topological polar surface area (TPSA) is 26.0 Å². The molecule has 0 aromatic heterocycles.